The lowest BCUT2D eigenvalue weighted by Gasteiger charge is -2.45. The van der Waals surface area contributed by atoms with Crippen LogP contribution in [0.2, 0.25) is 0 Å². The van der Waals surface area contributed by atoms with Crippen molar-refractivity contribution in [3.05, 3.63) is 51.5 Å². The van der Waals surface area contributed by atoms with Crippen LogP contribution >= 0.6 is 0 Å². The molecule has 0 spiro atoms. The highest BCUT2D eigenvalue weighted by molar-refractivity contribution is 6.44. The molecule has 178 valence electrons. The lowest BCUT2D eigenvalue weighted by Crippen LogP contribution is -2.56. The monoisotopic (exact) mass is 468 g/mol. The molecule has 0 saturated carbocycles. The Morgan fingerprint density at radius 2 is 1.71 bits per heavy atom. The van der Waals surface area contributed by atoms with Gasteiger partial charge in [0.2, 0.25) is 17.3 Å². The van der Waals surface area contributed by atoms with Crippen molar-refractivity contribution in [1.82, 2.24) is 0 Å². The van der Waals surface area contributed by atoms with Gasteiger partial charge < -0.3 is 20.4 Å². The first-order valence-corrected chi connectivity index (χ1v) is 10.9. The van der Waals surface area contributed by atoms with Gasteiger partial charge in [0.15, 0.2) is 17.2 Å². The van der Waals surface area contributed by atoms with E-state index >= 15 is 0 Å². The summed E-state index contributed by atoms with van der Waals surface area (Å²) in [7, 11) is 0. The van der Waals surface area contributed by atoms with E-state index in [9.17, 15) is 44.4 Å². The number of hydrogen-bond donors (Lipinski definition) is 4. The van der Waals surface area contributed by atoms with Crippen LogP contribution in [0.25, 0.3) is 0 Å². The highest BCUT2D eigenvalue weighted by atomic mass is 16.3. The summed E-state index contributed by atoms with van der Waals surface area (Å²) in [4.78, 5) is 63.5. The first-order valence-electron chi connectivity index (χ1n) is 10.9. The number of carbonyl (C=O) groups excluding carboxylic acids is 5. The molecule has 3 atom stereocenters. The topological polar surface area (TPSA) is 166 Å². The van der Waals surface area contributed by atoms with Gasteiger partial charge in [-0.3, -0.25) is 24.0 Å². The van der Waals surface area contributed by atoms with E-state index in [1.54, 1.807) is 13.8 Å². The van der Waals surface area contributed by atoms with Crippen LogP contribution in [0.4, 0.5) is 0 Å². The molecule has 0 bridgehead atoms. The predicted molar refractivity (Wildman–Crippen MR) is 116 cm³/mol. The maximum absolute atomic E-state index is 13.4. The number of phenols is 1. The largest absolute Gasteiger partial charge is 0.511 e. The molecule has 9 nitrogen and oxygen atoms in total. The molecule has 34 heavy (non-hydrogen) atoms. The van der Waals surface area contributed by atoms with Crippen molar-refractivity contribution in [2.45, 2.75) is 45.6 Å². The zero-order valence-corrected chi connectivity index (χ0v) is 18.8. The SMILES string of the molecule is CC(=O)C1=C(O)C[C@@H]2C[C@@H]3Cc4c(C(=O)C(=O)C(C)C)ccc(O)c4C(=O)C3=C(O)[C@]2(O)C1=O. The number of fused-ring (bicyclic) bond motifs is 3. The number of rotatable bonds is 4. The van der Waals surface area contributed by atoms with Gasteiger partial charge >= 0.3 is 0 Å². The van der Waals surface area contributed by atoms with Crippen LogP contribution in [-0.4, -0.2) is 54.9 Å². The van der Waals surface area contributed by atoms with Gasteiger partial charge in [-0.05, 0) is 43.4 Å². The van der Waals surface area contributed by atoms with Gasteiger partial charge in [-0.1, -0.05) is 13.8 Å². The number of phenolic OH excluding ortho intramolecular Hbond substituents is 1. The molecule has 9 heteroatoms. The molecule has 0 aromatic heterocycles. The van der Waals surface area contributed by atoms with Crippen molar-refractivity contribution in [2.24, 2.45) is 17.8 Å². The second kappa shape index (κ2) is 7.73. The smallest absolute Gasteiger partial charge is 0.229 e. The first kappa shape index (κ1) is 23.6. The van der Waals surface area contributed by atoms with Crippen LogP contribution in [0.1, 0.15) is 59.9 Å². The highest BCUT2D eigenvalue weighted by Gasteiger charge is 2.59. The van der Waals surface area contributed by atoms with Gasteiger partial charge in [0.25, 0.3) is 0 Å². The molecule has 1 aromatic rings. The van der Waals surface area contributed by atoms with Gasteiger partial charge in [0, 0.05) is 29.4 Å². The molecule has 0 radical (unpaired) electrons. The number of hydrogen-bond acceptors (Lipinski definition) is 9. The fourth-order valence-electron chi connectivity index (χ4n) is 5.34. The minimum Gasteiger partial charge on any atom is -0.511 e. The molecule has 0 aliphatic heterocycles. The molecule has 0 fully saturated rings. The van der Waals surface area contributed by atoms with E-state index < -0.39 is 75.1 Å². The molecule has 1 aromatic carbocycles. The Balaban J connectivity index is 1.89. The fraction of sp³-hybridized carbons (Fsp3) is 0.400. The van der Waals surface area contributed by atoms with Crippen LogP contribution in [0.3, 0.4) is 0 Å². The molecule has 4 N–H and O–H groups in total. The molecular weight excluding hydrogens is 444 g/mol. The number of allylic oxidation sites excluding steroid dienone is 2. The Bertz CT molecular complexity index is 1260. The second-order valence-electron chi connectivity index (χ2n) is 9.44. The van der Waals surface area contributed by atoms with E-state index in [1.807, 2.05) is 0 Å². The zero-order valence-electron chi connectivity index (χ0n) is 18.8. The van der Waals surface area contributed by atoms with E-state index in [1.165, 1.54) is 6.07 Å². The number of aliphatic hydroxyl groups excluding tert-OH is 2. The van der Waals surface area contributed by atoms with Crippen LogP contribution < -0.4 is 0 Å². The van der Waals surface area contributed by atoms with Gasteiger partial charge in [-0.2, -0.15) is 0 Å². The minimum atomic E-state index is -2.58. The van der Waals surface area contributed by atoms with E-state index in [0.717, 1.165) is 13.0 Å². The minimum absolute atomic E-state index is 0.0217. The van der Waals surface area contributed by atoms with Crippen molar-refractivity contribution in [2.75, 3.05) is 0 Å². The summed E-state index contributed by atoms with van der Waals surface area (Å²) in [5, 5.41) is 42.9. The van der Waals surface area contributed by atoms with E-state index in [2.05, 4.69) is 0 Å². The van der Waals surface area contributed by atoms with Crippen LogP contribution in [0, 0.1) is 17.8 Å². The number of carbonyl (C=O) groups is 5. The van der Waals surface area contributed by atoms with Gasteiger partial charge in [-0.25, -0.2) is 0 Å². The zero-order chi connectivity index (χ0) is 25.3. The van der Waals surface area contributed by atoms with Crippen molar-refractivity contribution >= 4 is 28.9 Å². The average molecular weight is 468 g/mol. The quantitative estimate of drug-likeness (QED) is 0.294. The molecular formula is C25H24O9. The lowest BCUT2D eigenvalue weighted by atomic mass is 9.60. The van der Waals surface area contributed by atoms with Crippen molar-refractivity contribution in [1.29, 1.82) is 0 Å². The summed E-state index contributed by atoms with van der Waals surface area (Å²) >= 11 is 0. The summed E-state index contributed by atoms with van der Waals surface area (Å²) < 4.78 is 0. The van der Waals surface area contributed by atoms with Crippen LogP contribution in [0.5, 0.6) is 5.75 Å². The summed E-state index contributed by atoms with van der Waals surface area (Å²) in [6.07, 6.45) is -0.320. The highest BCUT2D eigenvalue weighted by Crippen LogP contribution is 2.51. The first-order chi connectivity index (χ1) is 15.8. The summed E-state index contributed by atoms with van der Waals surface area (Å²) in [6, 6.07) is 2.38. The third-order valence-electron chi connectivity index (χ3n) is 7.04. The van der Waals surface area contributed by atoms with E-state index in [-0.39, 0.29) is 41.5 Å². The van der Waals surface area contributed by atoms with E-state index in [4.69, 9.17) is 0 Å². The summed E-state index contributed by atoms with van der Waals surface area (Å²) in [5.41, 5.74) is -3.66. The lowest BCUT2D eigenvalue weighted by molar-refractivity contribution is -0.144. The Morgan fingerprint density at radius 1 is 1.06 bits per heavy atom. The molecule has 0 heterocycles. The van der Waals surface area contributed by atoms with Gasteiger partial charge in [0.05, 0.1) is 5.56 Å². The summed E-state index contributed by atoms with van der Waals surface area (Å²) in [5.74, 6) is -8.58. The average Bonchev–Trinajstić information content (AvgIpc) is 2.75. The second-order valence-corrected chi connectivity index (χ2v) is 9.44. The summed E-state index contributed by atoms with van der Waals surface area (Å²) in [6.45, 7) is 4.17. The van der Waals surface area contributed by atoms with Crippen molar-refractivity contribution in [3.8, 4) is 5.75 Å². The Hall–Kier alpha value is -3.59. The molecule has 0 amide bonds. The molecule has 3 aliphatic rings. The number of aromatic hydroxyl groups is 1. The van der Waals surface area contributed by atoms with Gasteiger partial charge in [0.1, 0.15) is 22.8 Å². The van der Waals surface area contributed by atoms with Crippen LogP contribution in [-0.2, 0) is 20.8 Å². The maximum atomic E-state index is 13.4. The Labute approximate surface area is 194 Å². The maximum Gasteiger partial charge on any atom is 0.229 e. The van der Waals surface area contributed by atoms with Crippen molar-refractivity contribution < 1.29 is 44.4 Å². The Morgan fingerprint density at radius 3 is 2.29 bits per heavy atom. The predicted octanol–water partition coefficient (Wildman–Crippen LogP) is 2.09. The van der Waals surface area contributed by atoms with Crippen LogP contribution in [0.15, 0.2) is 34.8 Å². The molecule has 4 rings (SSSR count). The Kier molecular flexibility index (Phi) is 5.36. The number of aliphatic hydroxyl groups is 3. The third kappa shape index (κ3) is 3.07. The third-order valence-corrected chi connectivity index (χ3v) is 7.04. The number of ketones is 5. The van der Waals surface area contributed by atoms with Crippen molar-refractivity contribution in [3.63, 3.8) is 0 Å². The number of benzene rings is 1. The molecule has 0 unspecified atom stereocenters. The normalized spacial score (nSPS) is 26.3. The number of Topliss-reactive ketones (excluding diaryl/α,β-unsaturated/α-hetero) is 5. The molecule has 3 aliphatic carbocycles. The molecule has 0 saturated heterocycles. The van der Waals surface area contributed by atoms with E-state index in [0.29, 0.717) is 0 Å². The fourth-order valence-corrected chi connectivity index (χ4v) is 5.34. The van der Waals surface area contributed by atoms with Gasteiger partial charge in [-0.15, -0.1) is 0 Å². The standard InChI is InChI=1S/C25H24O9/c1-9(2)20(29)21(30)13-4-5-15(27)19-14(13)7-11-6-12-8-16(28)17(10(3)26)23(32)25(12,34)24(33)18(11)22(19)31/h4-5,9,11-12,27-28,33-34H,6-8H2,1-3H3/t11-,12+,25-/m1/s1.